The van der Waals surface area contributed by atoms with Gasteiger partial charge in [-0.2, -0.15) is 0 Å². The van der Waals surface area contributed by atoms with Crippen LogP contribution in [-0.4, -0.2) is 51.7 Å². The van der Waals surface area contributed by atoms with Gasteiger partial charge >= 0.3 is 6.09 Å². The van der Waals surface area contributed by atoms with Crippen molar-refractivity contribution in [3.63, 3.8) is 0 Å². The van der Waals surface area contributed by atoms with Crippen molar-refractivity contribution in [1.29, 1.82) is 0 Å². The smallest absolute Gasteiger partial charge is 0.410 e. The highest BCUT2D eigenvalue weighted by molar-refractivity contribution is 5.79. The molecule has 1 aliphatic rings. The normalized spacial score (nSPS) is 16.6. The summed E-state index contributed by atoms with van der Waals surface area (Å²) >= 11 is 0. The number of likely N-dealkylation sites (tertiary alicyclic amines) is 1. The van der Waals surface area contributed by atoms with Gasteiger partial charge in [0.25, 0.3) is 0 Å². The van der Waals surface area contributed by atoms with E-state index in [0.29, 0.717) is 35.6 Å². The highest BCUT2D eigenvalue weighted by Crippen LogP contribution is 2.36. The van der Waals surface area contributed by atoms with Gasteiger partial charge in [-0.25, -0.2) is 19.2 Å². The number of fused-ring (bicyclic) bond motifs is 1. The SMILES string of the molecule is COc1cc(C)cc(C)c1-c1nc2nc(C3CCCN(C(=O)OC(C)(C)C)C3)cnc2cc1F. The van der Waals surface area contributed by atoms with Gasteiger partial charge in [-0.1, -0.05) is 6.07 Å². The highest BCUT2D eigenvalue weighted by atomic mass is 19.1. The van der Waals surface area contributed by atoms with Gasteiger partial charge in [-0.15, -0.1) is 0 Å². The van der Waals surface area contributed by atoms with Gasteiger partial charge in [0, 0.05) is 36.8 Å². The zero-order chi connectivity index (χ0) is 24.6. The number of hydrogen-bond donors (Lipinski definition) is 0. The van der Waals surface area contributed by atoms with Crippen LogP contribution in [0.25, 0.3) is 22.4 Å². The second kappa shape index (κ2) is 9.16. The molecule has 1 atom stereocenters. The van der Waals surface area contributed by atoms with E-state index in [0.717, 1.165) is 29.7 Å². The first-order valence-electron chi connectivity index (χ1n) is 11.5. The molecular weight excluding hydrogens is 435 g/mol. The van der Waals surface area contributed by atoms with Crippen molar-refractivity contribution >= 4 is 17.3 Å². The Kier molecular flexibility index (Phi) is 6.43. The lowest BCUT2D eigenvalue weighted by Crippen LogP contribution is -2.42. The van der Waals surface area contributed by atoms with Gasteiger partial charge in [0.05, 0.1) is 12.8 Å². The minimum absolute atomic E-state index is 0.00381. The number of piperidine rings is 1. The van der Waals surface area contributed by atoms with Crippen LogP contribution >= 0.6 is 0 Å². The van der Waals surface area contributed by atoms with Crippen molar-refractivity contribution in [2.24, 2.45) is 0 Å². The lowest BCUT2D eigenvalue weighted by atomic mass is 9.95. The van der Waals surface area contributed by atoms with Crippen LogP contribution in [0, 0.1) is 19.7 Å². The molecule has 1 saturated heterocycles. The third-order valence-corrected chi connectivity index (χ3v) is 5.90. The maximum atomic E-state index is 15.1. The summed E-state index contributed by atoms with van der Waals surface area (Å²) < 4.78 is 26.1. The van der Waals surface area contributed by atoms with Crippen LogP contribution in [0.15, 0.2) is 24.4 Å². The molecule has 0 bridgehead atoms. The Bertz CT molecular complexity index is 1240. The maximum Gasteiger partial charge on any atom is 0.410 e. The number of nitrogens with zero attached hydrogens (tertiary/aromatic N) is 4. The predicted molar refractivity (Wildman–Crippen MR) is 129 cm³/mol. The molecule has 2 aromatic heterocycles. The second-order valence-corrected chi connectivity index (χ2v) is 9.88. The van der Waals surface area contributed by atoms with Crippen LogP contribution in [0.3, 0.4) is 0 Å². The molecule has 1 aromatic carbocycles. The summed E-state index contributed by atoms with van der Waals surface area (Å²) in [6.45, 7) is 10.6. The Balaban J connectivity index is 1.68. The fourth-order valence-corrected chi connectivity index (χ4v) is 4.41. The van der Waals surface area contributed by atoms with Crippen molar-refractivity contribution in [3.05, 3.63) is 47.0 Å². The molecule has 4 rings (SSSR count). The number of ether oxygens (including phenoxy) is 2. The van der Waals surface area contributed by atoms with Crippen molar-refractivity contribution < 1.29 is 18.7 Å². The number of benzene rings is 1. The number of methoxy groups -OCH3 is 1. The summed E-state index contributed by atoms with van der Waals surface area (Å²) in [6, 6.07) is 5.20. The lowest BCUT2D eigenvalue weighted by molar-refractivity contribution is 0.0197. The standard InChI is InChI=1S/C26H31FN4O3/c1-15-10-16(2)22(21(11-15)33-6)23-18(27)12-19-24(30-23)29-20(13-28-19)17-8-7-9-31(14-17)25(32)34-26(3,4)5/h10-13,17H,7-9,14H2,1-6H3. The molecule has 1 aliphatic heterocycles. The van der Waals surface area contributed by atoms with Gasteiger partial charge in [-0.3, -0.25) is 4.98 Å². The molecule has 0 N–H and O–H groups in total. The number of carbonyl (C=O) groups is 1. The van der Waals surface area contributed by atoms with Crippen molar-refractivity contribution in [3.8, 4) is 17.0 Å². The summed E-state index contributed by atoms with van der Waals surface area (Å²) in [5, 5.41) is 0. The van der Waals surface area contributed by atoms with Crippen LogP contribution in [0.4, 0.5) is 9.18 Å². The monoisotopic (exact) mass is 466 g/mol. The molecule has 8 heteroatoms. The molecular formula is C26H31FN4O3. The van der Waals surface area contributed by atoms with Gasteiger partial charge in [-0.05, 0) is 64.7 Å². The number of pyridine rings is 1. The fourth-order valence-electron chi connectivity index (χ4n) is 4.41. The highest BCUT2D eigenvalue weighted by Gasteiger charge is 2.29. The van der Waals surface area contributed by atoms with E-state index in [1.807, 2.05) is 46.8 Å². The number of halogens is 1. The Morgan fingerprint density at radius 3 is 2.65 bits per heavy atom. The predicted octanol–water partition coefficient (Wildman–Crippen LogP) is 5.57. The summed E-state index contributed by atoms with van der Waals surface area (Å²) in [5.41, 5.74) is 3.62. The van der Waals surface area contributed by atoms with Crippen LogP contribution in [0.2, 0.25) is 0 Å². The molecule has 0 aliphatic carbocycles. The quantitative estimate of drug-likeness (QED) is 0.502. The van der Waals surface area contributed by atoms with Gasteiger partial charge < -0.3 is 14.4 Å². The van der Waals surface area contributed by atoms with Crippen LogP contribution in [0.5, 0.6) is 5.75 Å². The third kappa shape index (κ3) is 4.95. The van der Waals surface area contributed by atoms with E-state index in [4.69, 9.17) is 14.5 Å². The molecule has 1 fully saturated rings. The average molecular weight is 467 g/mol. The van der Waals surface area contributed by atoms with E-state index in [2.05, 4.69) is 9.97 Å². The lowest BCUT2D eigenvalue weighted by Gasteiger charge is -2.33. The zero-order valence-corrected chi connectivity index (χ0v) is 20.6. The number of amides is 1. The van der Waals surface area contributed by atoms with E-state index < -0.39 is 11.4 Å². The minimum atomic E-state index is -0.549. The Morgan fingerprint density at radius 1 is 1.18 bits per heavy atom. The van der Waals surface area contributed by atoms with Crippen molar-refractivity contribution in [1.82, 2.24) is 19.9 Å². The summed E-state index contributed by atoms with van der Waals surface area (Å²) in [4.78, 5) is 28.0. The third-order valence-electron chi connectivity index (χ3n) is 5.90. The second-order valence-electron chi connectivity index (χ2n) is 9.88. The Hall–Kier alpha value is -3.29. The summed E-state index contributed by atoms with van der Waals surface area (Å²) in [5.74, 6) is 0.0883. The molecule has 3 heterocycles. The van der Waals surface area contributed by atoms with E-state index >= 15 is 4.39 Å². The summed E-state index contributed by atoms with van der Waals surface area (Å²) in [6.07, 6.45) is 3.05. The maximum absolute atomic E-state index is 15.1. The van der Waals surface area contributed by atoms with Crippen LogP contribution < -0.4 is 4.74 Å². The zero-order valence-electron chi connectivity index (χ0n) is 20.6. The Morgan fingerprint density at radius 2 is 1.94 bits per heavy atom. The number of rotatable bonds is 3. The molecule has 0 radical (unpaired) electrons. The van der Waals surface area contributed by atoms with Gasteiger partial charge in [0.15, 0.2) is 11.5 Å². The number of aryl methyl sites for hydroxylation is 2. The summed E-state index contributed by atoms with van der Waals surface area (Å²) in [7, 11) is 1.56. The largest absolute Gasteiger partial charge is 0.496 e. The van der Waals surface area contributed by atoms with Crippen molar-refractivity contribution in [2.45, 2.75) is 59.0 Å². The minimum Gasteiger partial charge on any atom is -0.496 e. The van der Waals surface area contributed by atoms with E-state index in [1.54, 1.807) is 18.2 Å². The van der Waals surface area contributed by atoms with Gasteiger partial charge in [0.2, 0.25) is 0 Å². The first-order valence-corrected chi connectivity index (χ1v) is 11.5. The van der Waals surface area contributed by atoms with Crippen LogP contribution in [-0.2, 0) is 4.74 Å². The Labute approximate surface area is 199 Å². The molecule has 1 amide bonds. The number of hydrogen-bond acceptors (Lipinski definition) is 6. The average Bonchev–Trinajstić information content (AvgIpc) is 2.77. The molecule has 34 heavy (non-hydrogen) atoms. The molecule has 0 saturated carbocycles. The van der Waals surface area contributed by atoms with Gasteiger partial charge in [0.1, 0.15) is 22.6 Å². The van der Waals surface area contributed by atoms with Crippen LogP contribution in [0.1, 0.15) is 56.4 Å². The van der Waals surface area contributed by atoms with Crippen molar-refractivity contribution in [2.75, 3.05) is 20.2 Å². The molecule has 1 unspecified atom stereocenters. The number of aromatic nitrogens is 3. The molecule has 180 valence electrons. The fraction of sp³-hybridized carbons (Fsp3) is 0.462. The van der Waals surface area contributed by atoms with E-state index in [1.165, 1.54) is 6.07 Å². The first kappa shape index (κ1) is 23.9. The molecule has 3 aromatic rings. The van der Waals surface area contributed by atoms with E-state index in [-0.39, 0.29) is 17.7 Å². The first-order chi connectivity index (χ1) is 16.1. The number of carbonyl (C=O) groups excluding carboxylic acids is 1. The van der Waals surface area contributed by atoms with E-state index in [9.17, 15) is 4.79 Å². The molecule has 7 nitrogen and oxygen atoms in total. The molecule has 0 spiro atoms. The topological polar surface area (TPSA) is 77.4 Å².